The first kappa shape index (κ1) is 11.5. The Kier molecular flexibility index (Phi) is 2.58. The highest BCUT2D eigenvalue weighted by Crippen LogP contribution is 2.29. The Bertz CT molecular complexity index is 807. The number of rotatable bonds is 1. The summed E-state index contributed by atoms with van der Waals surface area (Å²) in [6, 6.07) is 14.0. The predicted octanol–water partition coefficient (Wildman–Crippen LogP) is 2.04. The molecule has 3 aromatic rings. The van der Waals surface area contributed by atoms with E-state index in [1.165, 1.54) is 0 Å². The third-order valence-electron chi connectivity index (χ3n) is 2.97. The van der Waals surface area contributed by atoms with Gasteiger partial charge in [0.2, 0.25) is 11.2 Å². The molecule has 0 aliphatic rings. The molecule has 0 saturated carbocycles. The SMILES string of the molecule is [NH3+]c1ccc2c(=O)c(O)c(-c3ccccc3)oc2c1. The molecule has 4 N–H and O–H groups in total. The van der Waals surface area contributed by atoms with Crippen LogP contribution in [0.1, 0.15) is 0 Å². The largest absolute Gasteiger partial charge is 0.502 e. The lowest BCUT2D eigenvalue weighted by Crippen LogP contribution is -2.39. The zero-order chi connectivity index (χ0) is 13.4. The lowest BCUT2D eigenvalue weighted by Gasteiger charge is -2.05. The molecule has 4 heteroatoms. The van der Waals surface area contributed by atoms with Crippen LogP contribution in [0.4, 0.5) is 5.69 Å². The summed E-state index contributed by atoms with van der Waals surface area (Å²) >= 11 is 0. The molecule has 0 aliphatic heterocycles. The van der Waals surface area contributed by atoms with Gasteiger partial charge in [-0.3, -0.25) is 4.79 Å². The highest BCUT2D eigenvalue weighted by molar-refractivity contribution is 5.83. The Morgan fingerprint density at radius 2 is 1.79 bits per heavy atom. The van der Waals surface area contributed by atoms with Crippen LogP contribution in [-0.2, 0) is 0 Å². The van der Waals surface area contributed by atoms with Crippen molar-refractivity contribution in [2.75, 3.05) is 0 Å². The Morgan fingerprint density at radius 1 is 1.05 bits per heavy atom. The van der Waals surface area contributed by atoms with E-state index in [1.807, 2.05) is 18.2 Å². The first-order valence-corrected chi connectivity index (χ1v) is 5.84. The maximum Gasteiger partial charge on any atom is 0.235 e. The lowest BCUT2D eigenvalue weighted by atomic mass is 10.1. The van der Waals surface area contributed by atoms with Gasteiger partial charge in [0.25, 0.3) is 0 Å². The maximum absolute atomic E-state index is 12.1. The lowest BCUT2D eigenvalue weighted by molar-refractivity contribution is -0.254. The molecule has 94 valence electrons. The summed E-state index contributed by atoms with van der Waals surface area (Å²) in [4.78, 5) is 12.1. The van der Waals surface area contributed by atoms with Crippen LogP contribution in [-0.4, -0.2) is 5.11 Å². The monoisotopic (exact) mass is 254 g/mol. The Balaban J connectivity index is 2.38. The smallest absolute Gasteiger partial charge is 0.235 e. The average molecular weight is 254 g/mol. The van der Waals surface area contributed by atoms with Gasteiger partial charge in [0.15, 0.2) is 5.76 Å². The molecule has 0 bridgehead atoms. The quantitative estimate of drug-likeness (QED) is 0.697. The summed E-state index contributed by atoms with van der Waals surface area (Å²) in [5, 5.41) is 10.3. The fourth-order valence-corrected chi connectivity index (χ4v) is 2.01. The normalized spacial score (nSPS) is 10.8. The second-order valence-electron chi connectivity index (χ2n) is 4.31. The van der Waals surface area contributed by atoms with E-state index >= 15 is 0 Å². The minimum absolute atomic E-state index is 0.184. The molecular formula is C15H12NO3+. The minimum atomic E-state index is -0.430. The van der Waals surface area contributed by atoms with Gasteiger partial charge < -0.3 is 15.3 Å². The van der Waals surface area contributed by atoms with Gasteiger partial charge in [-0.25, -0.2) is 0 Å². The van der Waals surface area contributed by atoms with Gasteiger partial charge in [-0.1, -0.05) is 30.3 Å². The molecule has 0 saturated heterocycles. The van der Waals surface area contributed by atoms with E-state index in [1.54, 1.807) is 30.3 Å². The van der Waals surface area contributed by atoms with Crippen LogP contribution >= 0.6 is 0 Å². The summed E-state index contributed by atoms with van der Waals surface area (Å²) in [6.07, 6.45) is 0. The van der Waals surface area contributed by atoms with Crippen molar-refractivity contribution >= 4 is 16.7 Å². The summed E-state index contributed by atoms with van der Waals surface area (Å²) in [5.74, 6) is -0.181. The van der Waals surface area contributed by atoms with Gasteiger partial charge in [-0.15, -0.1) is 0 Å². The van der Waals surface area contributed by atoms with E-state index in [0.717, 1.165) is 5.69 Å². The fraction of sp³-hybridized carbons (Fsp3) is 0. The number of fused-ring (bicyclic) bond motifs is 1. The third-order valence-corrected chi connectivity index (χ3v) is 2.97. The van der Waals surface area contributed by atoms with E-state index in [4.69, 9.17) is 4.42 Å². The topological polar surface area (TPSA) is 78.1 Å². The van der Waals surface area contributed by atoms with Crippen LogP contribution < -0.4 is 11.2 Å². The van der Waals surface area contributed by atoms with Gasteiger partial charge in [0.1, 0.15) is 11.3 Å². The van der Waals surface area contributed by atoms with E-state index in [-0.39, 0.29) is 11.5 Å². The minimum Gasteiger partial charge on any atom is -0.502 e. The molecule has 4 nitrogen and oxygen atoms in total. The Morgan fingerprint density at radius 3 is 2.53 bits per heavy atom. The fourth-order valence-electron chi connectivity index (χ4n) is 2.01. The van der Waals surface area contributed by atoms with Crippen LogP contribution in [0.2, 0.25) is 0 Å². The molecule has 0 fully saturated rings. The van der Waals surface area contributed by atoms with Crippen molar-refractivity contribution in [3.05, 3.63) is 58.8 Å². The molecule has 0 atom stereocenters. The van der Waals surface area contributed by atoms with Crippen LogP contribution in [0.15, 0.2) is 57.7 Å². The van der Waals surface area contributed by atoms with Gasteiger partial charge in [-0.2, -0.15) is 0 Å². The number of hydrogen-bond donors (Lipinski definition) is 2. The maximum atomic E-state index is 12.1. The molecule has 2 aromatic carbocycles. The van der Waals surface area contributed by atoms with Crippen LogP contribution in [0.5, 0.6) is 5.75 Å². The predicted molar refractivity (Wildman–Crippen MR) is 72.1 cm³/mol. The van der Waals surface area contributed by atoms with Crippen molar-refractivity contribution in [1.82, 2.24) is 0 Å². The Hall–Kier alpha value is -2.59. The van der Waals surface area contributed by atoms with Crippen LogP contribution in [0, 0.1) is 0 Å². The van der Waals surface area contributed by atoms with Gasteiger partial charge in [-0.05, 0) is 12.1 Å². The number of benzene rings is 2. The second kappa shape index (κ2) is 4.26. The van der Waals surface area contributed by atoms with Crippen molar-refractivity contribution in [2.45, 2.75) is 0 Å². The molecule has 0 unspecified atom stereocenters. The second-order valence-corrected chi connectivity index (χ2v) is 4.31. The van der Waals surface area contributed by atoms with Gasteiger partial charge >= 0.3 is 0 Å². The zero-order valence-corrected chi connectivity index (χ0v) is 10.1. The van der Waals surface area contributed by atoms with Crippen LogP contribution in [0.3, 0.4) is 0 Å². The molecule has 1 aromatic heterocycles. The number of hydrogen-bond acceptors (Lipinski definition) is 3. The highest BCUT2D eigenvalue weighted by atomic mass is 16.4. The summed E-state index contributed by atoms with van der Waals surface area (Å²) in [5.41, 5.74) is 5.21. The van der Waals surface area contributed by atoms with Crippen molar-refractivity contribution in [2.24, 2.45) is 0 Å². The molecule has 0 amide bonds. The number of aromatic hydroxyl groups is 1. The average Bonchev–Trinajstić information content (AvgIpc) is 2.43. The van der Waals surface area contributed by atoms with E-state index < -0.39 is 5.43 Å². The van der Waals surface area contributed by atoms with Crippen molar-refractivity contribution < 1.29 is 15.3 Å². The first-order chi connectivity index (χ1) is 9.16. The first-order valence-electron chi connectivity index (χ1n) is 5.84. The van der Waals surface area contributed by atoms with Crippen molar-refractivity contribution in [3.8, 4) is 17.1 Å². The summed E-state index contributed by atoms with van der Waals surface area (Å²) in [7, 11) is 0. The van der Waals surface area contributed by atoms with E-state index in [2.05, 4.69) is 5.73 Å². The van der Waals surface area contributed by atoms with Gasteiger partial charge in [0, 0.05) is 11.6 Å². The molecule has 0 aliphatic carbocycles. The number of quaternary nitrogens is 1. The molecule has 19 heavy (non-hydrogen) atoms. The summed E-state index contributed by atoms with van der Waals surface area (Å²) < 4.78 is 5.65. The zero-order valence-electron chi connectivity index (χ0n) is 10.1. The van der Waals surface area contributed by atoms with Gasteiger partial charge in [0.05, 0.1) is 5.39 Å². The third kappa shape index (κ3) is 1.88. The van der Waals surface area contributed by atoms with Crippen molar-refractivity contribution in [1.29, 1.82) is 0 Å². The molecule has 3 rings (SSSR count). The highest BCUT2D eigenvalue weighted by Gasteiger charge is 2.15. The molecule has 0 spiro atoms. The molecule has 1 heterocycles. The molecule has 0 radical (unpaired) electrons. The van der Waals surface area contributed by atoms with Crippen LogP contribution in [0.25, 0.3) is 22.3 Å². The standard InChI is InChI=1S/C15H11NO3/c16-10-6-7-11-12(8-10)19-15(14(18)13(11)17)9-4-2-1-3-5-9/h1-8,18H,16H2/p+1. The Labute approximate surface area is 108 Å². The summed E-state index contributed by atoms with van der Waals surface area (Å²) in [6.45, 7) is 0. The van der Waals surface area contributed by atoms with E-state index in [0.29, 0.717) is 16.5 Å². The molecular weight excluding hydrogens is 242 g/mol. The van der Waals surface area contributed by atoms with E-state index in [9.17, 15) is 9.90 Å². The van der Waals surface area contributed by atoms with Crippen molar-refractivity contribution in [3.63, 3.8) is 0 Å².